The quantitative estimate of drug-likeness (QED) is 0.599. The molecule has 5 nitrogen and oxygen atoms in total. The summed E-state index contributed by atoms with van der Waals surface area (Å²) in [6, 6.07) is 3.09. The summed E-state index contributed by atoms with van der Waals surface area (Å²) in [7, 11) is 0. The Morgan fingerprint density at radius 1 is 1.73 bits per heavy atom. The maximum absolute atomic E-state index is 9.97. The van der Waals surface area contributed by atoms with Crippen molar-refractivity contribution in [2.75, 3.05) is 5.73 Å². The highest BCUT2D eigenvalue weighted by molar-refractivity contribution is 5.62. The van der Waals surface area contributed by atoms with E-state index in [-0.39, 0.29) is 17.1 Å². The molecule has 0 aliphatic heterocycles. The van der Waals surface area contributed by atoms with E-state index in [1.807, 2.05) is 0 Å². The Morgan fingerprint density at radius 3 is 2.91 bits per heavy atom. The molecule has 5 heteroatoms. The summed E-state index contributed by atoms with van der Waals surface area (Å²) in [6.07, 6.45) is 1.17. The van der Waals surface area contributed by atoms with Gasteiger partial charge in [0, 0.05) is 0 Å². The number of hydrogen-bond donors (Lipinski definition) is 1. The van der Waals surface area contributed by atoms with Crippen molar-refractivity contribution in [3.8, 4) is 6.07 Å². The zero-order chi connectivity index (χ0) is 8.27. The number of nitroso groups, excluding NO2 is 1. The highest BCUT2D eigenvalue weighted by Crippen LogP contribution is 2.19. The molecule has 0 spiro atoms. The molecule has 0 aliphatic carbocycles. The fraction of sp³-hybridized carbons (Fsp3) is 0. The SMILES string of the molecule is N#Cc1cc(N)c(N=O)cn1. The molecule has 1 heterocycles. The fourth-order valence-corrected chi connectivity index (χ4v) is 0.601. The van der Waals surface area contributed by atoms with Crippen LogP contribution in [0.4, 0.5) is 11.4 Å². The molecule has 0 amide bonds. The highest BCUT2D eigenvalue weighted by atomic mass is 16.3. The molecule has 0 fully saturated rings. The molecule has 0 aliphatic rings. The summed E-state index contributed by atoms with van der Waals surface area (Å²) in [5, 5.41) is 10.9. The lowest BCUT2D eigenvalue weighted by molar-refractivity contribution is 1.25. The zero-order valence-electron chi connectivity index (χ0n) is 5.48. The zero-order valence-corrected chi connectivity index (χ0v) is 5.48. The number of nitrogens with zero attached hydrogens (tertiary/aromatic N) is 3. The predicted molar refractivity (Wildman–Crippen MR) is 38.8 cm³/mol. The molecule has 54 valence electrons. The van der Waals surface area contributed by atoms with Gasteiger partial charge in [-0.25, -0.2) is 4.98 Å². The van der Waals surface area contributed by atoms with E-state index in [0.717, 1.165) is 0 Å². The number of nitriles is 1. The molecule has 0 saturated heterocycles. The summed E-state index contributed by atoms with van der Waals surface area (Å²) in [5.74, 6) is 0. The van der Waals surface area contributed by atoms with Crippen molar-refractivity contribution in [3.63, 3.8) is 0 Å². The smallest absolute Gasteiger partial charge is 0.149 e. The van der Waals surface area contributed by atoms with Crippen LogP contribution in [0.25, 0.3) is 0 Å². The van der Waals surface area contributed by atoms with Crippen molar-refractivity contribution < 1.29 is 0 Å². The number of rotatable bonds is 1. The van der Waals surface area contributed by atoms with Crippen LogP contribution in [0.15, 0.2) is 17.4 Å². The minimum absolute atomic E-state index is 0.0593. The second kappa shape index (κ2) is 2.75. The van der Waals surface area contributed by atoms with Crippen molar-refractivity contribution in [2.45, 2.75) is 0 Å². The van der Waals surface area contributed by atoms with Crippen LogP contribution in [0.5, 0.6) is 0 Å². The molecule has 2 N–H and O–H groups in total. The van der Waals surface area contributed by atoms with Gasteiger partial charge in [0.2, 0.25) is 0 Å². The molecule has 1 rings (SSSR count). The predicted octanol–water partition coefficient (Wildman–Crippen LogP) is 0.933. The maximum atomic E-state index is 9.97. The van der Waals surface area contributed by atoms with Crippen LogP contribution in [-0.2, 0) is 0 Å². The largest absolute Gasteiger partial charge is 0.397 e. The van der Waals surface area contributed by atoms with Crippen LogP contribution in [0.2, 0.25) is 0 Å². The summed E-state index contributed by atoms with van der Waals surface area (Å²) in [5.41, 5.74) is 5.73. The minimum atomic E-state index is 0.0593. The van der Waals surface area contributed by atoms with Crippen molar-refractivity contribution in [1.29, 1.82) is 5.26 Å². The maximum Gasteiger partial charge on any atom is 0.149 e. The molecule has 1 aromatic rings. The van der Waals surface area contributed by atoms with Crippen molar-refractivity contribution in [1.82, 2.24) is 4.98 Å². The molecule has 0 saturated carbocycles. The topological polar surface area (TPSA) is 92.1 Å². The summed E-state index contributed by atoms with van der Waals surface area (Å²) in [4.78, 5) is 13.6. The van der Waals surface area contributed by atoms with Gasteiger partial charge in [-0.15, -0.1) is 4.91 Å². The Balaban J connectivity index is 3.22. The van der Waals surface area contributed by atoms with Gasteiger partial charge in [0.25, 0.3) is 0 Å². The molecule has 1 aromatic heterocycles. The highest BCUT2D eigenvalue weighted by Gasteiger charge is 2.00. The lowest BCUT2D eigenvalue weighted by atomic mass is 10.3. The second-order valence-electron chi connectivity index (χ2n) is 1.83. The first-order valence-electron chi connectivity index (χ1n) is 2.77. The molecule has 0 atom stereocenters. The van der Waals surface area contributed by atoms with Crippen LogP contribution < -0.4 is 5.73 Å². The molecular weight excluding hydrogens is 144 g/mol. The van der Waals surface area contributed by atoms with Crippen LogP contribution in [-0.4, -0.2) is 4.98 Å². The average Bonchev–Trinajstić information content (AvgIpc) is 2.04. The Labute approximate surface area is 62.4 Å². The Kier molecular flexibility index (Phi) is 1.79. The van der Waals surface area contributed by atoms with Gasteiger partial charge in [0.15, 0.2) is 0 Å². The van der Waals surface area contributed by atoms with Crippen LogP contribution >= 0.6 is 0 Å². The van der Waals surface area contributed by atoms with E-state index in [1.54, 1.807) is 6.07 Å². The van der Waals surface area contributed by atoms with E-state index < -0.39 is 0 Å². The number of nitrogens with two attached hydrogens (primary N) is 1. The van der Waals surface area contributed by atoms with E-state index in [1.165, 1.54) is 12.3 Å². The molecule has 11 heavy (non-hydrogen) atoms. The van der Waals surface area contributed by atoms with E-state index in [0.29, 0.717) is 0 Å². The monoisotopic (exact) mass is 148 g/mol. The average molecular weight is 148 g/mol. The Hall–Kier alpha value is -1.96. The molecule has 0 unspecified atom stereocenters. The summed E-state index contributed by atoms with van der Waals surface area (Å²) in [6.45, 7) is 0. The number of hydrogen-bond acceptors (Lipinski definition) is 5. The fourth-order valence-electron chi connectivity index (χ4n) is 0.601. The van der Waals surface area contributed by atoms with E-state index >= 15 is 0 Å². The van der Waals surface area contributed by atoms with Crippen LogP contribution in [0.1, 0.15) is 5.69 Å². The number of pyridine rings is 1. The Bertz CT molecular complexity index is 328. The van der Waals surface area contributed by atoms with E-state index in [2.05, 4.69) is 10.2 Å². The van der Waals surface area contributed by atoms with Crippen molar-refractivity contribution in [2.24, 2.45) is 5.18 Å². The normalized spacial score (nSPS) is 8.64. The minimum Gasteiger partial charge on any atom is -0.397 e. The standard InChI is InChI=1S/C6H4N4O/c7-2-4-1-5(8)6(10-11)3-9-4/h1,3H,(H2,8,9). The first kappa shape index (κ1) is 7.15. The van der Waals surface area contributed by atoms with Gasteiger partial charge in [-0.1, -0.05) is 0 Å². The second-order valence-corrected chi connectivity index (χ2v) is 1.83. The van der Waals surface area contributed by atoms with Crippen molar-refractivity contribution >= 4 is 11.4 Å². The van der Waals surface area contributed by atoms with Gasteiger partial charge in [0.1, 0.15) is 17.5 Å². The number of aromatic nitrogens is 1. The van der Waals surface area contributed by atoms with Gasteiger partial charge in [-0.3, -0.25) is 0 Å². The van der Waals surface area contributed by atoms with Gasteiger partial charge in [-0.05, 0) is 11.2 Å². The molecule has 0 radical (unpaired) electrons. The van der Waals surface area contributed by atoms with Gasteiger partial charge in [-0.2, -0.15) is 5.26 Å². The first-order valence-corrected chi connectivity index (χ1v) is 2.77. The number of nitrogen functional groups attached to an aromatic ring is 1. The van der Waals surface area contributed by atoms with Gasteiger partial charge < -0.3 is 5.73 Å². The molecule has 0 bridgehead atoms. The summed E-state index contributed by atoms with van der Waals surface area (Å²) >= 11 is 0. The lowest BCUT2D eigenvalue weighted by Gasteiger charge is -1.93. The third kappa shape index (κ3) is 1.30. The summed E-state index contributed by atoms with van der Waals surface area (Å²) < 4.78 is 0. The van der Waals surface area contributed by atoms with Crippen LogP contribution in [0.3, 0.4) is 0 Å². The van der Waals surface area contributed by atoms with Gasteiger partial charge >= 0.3 is 0 Å². The molecular formula is C6H4N4O. The molecule has 0 aromatic carbocycles. The Morgan fingerprint density at radius 2 is 2.45 bits per heavy atom. The third-order valence-corrected chi connectivity index (χ3v) is 1.13. The third-order valence-electron chi connectivity index (χ3n) is 1.13. The van der Waals surface area contributed by atoms with Crippen molar-refractivity contribution in [3.05, 3.63) is 22.9 Å². The van der Waals surface area contributed by atoms with E-state index in [4.69, 9.17) is 11.0 Å². The first-order chi connectivity index (χ1) is 5.27. The van der Waals surface area contributed by atoms with Gasteiger partial charge in [0.05, 0.1) is 11.9 Å². The lowest BCUT2D eigenvalue weighted by Crippen LogP contribution is -1.89. The van der Waals surface area contributed by atoms with E-state index in [9.17, 15) is 4.91 Å². The number of anilines is 1. The van der Waals surface area contributed by atoms with Crippen LogP contribution in [0, 0.1) is 16.2 Å².